The third kappa shape index (κ3) is 3.68. The number of aromatic nitrogens is 1. The standard InChI is InChI=1S/C22H25F2N3O2/c23-17-5-2-15(10-18(17)24)11-26-8-1-6-22(12-26)7-9-27(13-22)21(28)19-20(16-3-4-16)29-14-25-19/h2,5,10,14,16H,1,3-4,6-9,11-13H2. The van der Waals surface area contributed by atoms with Crippen molar-refractivity contribution in [3.63, 3.8) is 0 Å². The molecule has 1 saturated carbocycles. The Morgan fingerprint density at radius 2 is 2.03 bits per heavy atom. The molecule has 2 saturated heterocycles. The van der Waals surface area contributed by atoms with Gasteiger partial charge in [-0.2, -0.15) is 0 Å². The highest BCUT2D eigenvalue weighted by molar-refractivity contribution is 5.93. The number of rotatable bonds is 4. The molecule has 0 bridgehead atoms. The van der Waals surface area contributed by atoms with E-state index in [4.69, 9.17) is 4.42 Å². The molecule has 1 unspecified atom stereocenters. The number of carbonyl (C=O) groups is 1. The Balaban J connectivity index is 1.25. The van der Waals surface area contributed by atoms with E-state index in [-0.39, 0.29) is 11.3 Å². The number of piperidine rings is 1. The van der Waals surface area contributed by atoms with Crippen LogP contribution in [0, 0.1) is 17.0 Å². The Labute approximate surface area is 168 Å². The van der Waals surface area contributed by atoms with Crippen LogP contribution in [0.2, 0.25) is 0 Å². The summed E-state index contributed by atoms with van der Waals surface area (Å²) in [7, 11) is 0. The molecular formula is C22H25F2N3O2. The number of oxazole rings is 1. The van der Waals surface area contributed by atoms with Gasteiger partial charge in [-0.1, -0.05) is 6.07 Å². The quantitative estimate of drug-likeness (QED) is 0.778. The van der Waals surface area contributed by atoms with Gasteiger partial charge in [0, 0.05) is 37.5 Å². The summed E-state index contributed by atoms with van der Waals surface area (Å²) in [5.41, 5.74) is 1.33. The second-order valence-corrected chi connectivity index (χ2v) is 8.88. The molecule has 0 radical (unpaired) electrons. The van der Waals surface area contributed by atoms with Crippen LogP contribution in [0.15, 0.2) is 29.0 Å². The van der Waals surface area contributed by atoms with Crippen molar-refractivity contribution in [2.24, 2.45) is 5.41 Å². The SMILES string of the molecule is O=C(c1ncoc1C1CC1)N1CCC2(CCCN(Cc3ccc(F)c(F)c3)C2)C1. The van der Waals surface area contributed by atoms with Gasteiger partial charge in [-0.3, -0.25) is 9.69 Å². The van der Waals surface area contributed by atoms with E-state index in [2.05, 4.69) is 9.88 Å². The topological polar surface area (TPSA) is 49.6 Å². The lowest BCUT2D eigenvalue weighted by Crippen LogP contribution is -2.45. The zero-order valence-electron chi connectivity index (χ0n) is 16.4. The van der Waals surface area contributed by atoms with Gasteiger partial charge in [-0.15, -0.1) is 0 Å². The van der Waals surface area contributed by atoms with Crippen LogP contribution in [-0.4, -0.2) is 46.9 Å². The number of carbonyl (C=O) groups excluding carboxylic acids is 1. The maximum Gasteiger partial charge on any atom is 0.276 e. The molecule has 1 amide bonds. The lowest BCUT2D eigenvalue weighted by Gasteiger charge is -2.40. The molecule has 0 N–H and O–H groups in total. The van der Waals surface area contributed by atoms with E-state index in [1.165, 1.54) is 18.5 Å². The molecule has 154 valence electrons. The van der Waals surface area contributed by atoms with Gasteiger partial charge in [0.15, 0.2) is 23.7 Å². The average molecular weight is 401 g/mol. The highest BCUT2D eigenvalue weighted by atomic mass is 19.2. The second-order valence-electron chi connectivity index (χ2n) is 8.88. The summed E-state index contributed by atoms with van der Waals surface area (Å²) in [6, 6.07) is 4.12. The fourth-order valence-corrected chi connectivity index (χ4v) is 4.98. The molecule has 3 heterocycles. The van der Waals surface area contributed by atoms with E-state index < -0.39 is 11.6 Å². The largest absolute Gasteiger partial charge is 0.447 e. The molecule has 5 nitrogen and oxygen atoms in total. The van der Waals surface area contributed by atoms with Crippen LogP contribution in [0.25, 0.3) is 0 Å². The summed E-state index contributed by atoms with van der Waals surface area (Å²) in [6.45, 7) is 3.85. The molecule has 1 spiro atoms. The highest BCUT2D eigenvalue weighted by Gasteiger charge is 2.44. The molecule has 1 aliphatic carbocycles. The molecule has 3 fully saturated rings. The molecule has 5 rings (SSSR count). The minimum absolute atomic E-state index is 0.0183. The number of hydrogen-bond donors (Lipinski definition) is 0. The van der Waals surface area contributed by atoms with E-state index in [0.717, 1.165) is 69.6 Å². The summed E-state index contributed by atoms with van der Waals surface area (Å²) in [4.78, 5) is 21.5. The Morgan fingerprint density at radius 3 is 2.83 bits per heavy atom. The first-order valence-corrected chi connectivity index (χ1v) is 10.4. The summed E-state index contributed by atoms with van der Waals surface area (Å²) < 4.78 is 32.2. The third-order valence-corrected chi connectivity index (χ3v) is 6.60. The minimum Gasteiger partial charge on any atom is -0.447 e. The first-order chi connectivity index (χ1) is 14.0. The van der Waals surface area contributed by atoms with Crippen LogP contribution < -0.4 is 0 Å². The molecule has 7 heteroatoms. The van der Waals surface area contributed by atoms with Gasteiger partial charge >= 0.3 is 0 Å². The zero-order valence-corrected chi connectivity index (χ0v) is 16.4. The molecule has 29 heavy (non-hydrogen) atoms. The Morgan fingerprint density at radius 1 is 1.17 bits per heavy atom. The van der Waals surface area contributed by atoms with Gasteiger partial charge in [-0.05, 0) is 56.3 Å². The predicted octanol–water partition coefficient (Wildman–Crippen LogP) is 3.96. The van der Waals surface area contributed by atoms with E-state index in [1.54, 1.807) is 6.07 Å². The van der Waals surface area contributed by atoms with Crippen molar-refractivity contribution in [1.82, 2.24) is 14.8 Å². The van der Waals surface area contributed by atoms with E-state index >= 15 is 0 Å². The number of nitrogens with zero attached hydrogens (tertiary/aromatic N) is 3. The Bertz CT molecular complexity index is 927. The Hall–Kier alpha value is -2.28. The molecular weight excluding hydrogens is 376 g/mol. The van der Waals surface area contributed by atoms with Gasteiger partial charge in [0.05, 0.1) is 0 Å². The average Bonchev–Trinajstić information content (AvgIpc) is 3.30. The molecule has 1 atom stereocenters. The number of amides is 1. The van der Waals surface area contributed by atoms with Crippen LogP contribution in [0.1, 0.15) is 59.8 Å². The predicted molar refractivity (Wildman–Crippen MR) is 102 cm³/mol. The monoisotopic (exact) mass is 401 g/mol. The third-order valence-electron chi connectivity index (χ3n) is 6.60. The smallest absolute Gasteiger partial charge is 0.276 e. The minimum atomic E-state index is -0.813. The lowest BCUT2D eigenvalue weighted by atomic mass is 9.79. The van der Waals surface area contributed by atoms with E-state index in [1.807, 2.05) is 4.90 Å². The summed E-state index contributed by atoms with van der Waals surface area (Å²) >= 11 is 0. The summed E-state index contributed by atoms with van der Waals surface area (Å²) in [5, 5.41) is 0. The maximum atomic E-state index is 13.5. The fourth-order valence-electron chi connectivity index (χ4n) is 4.98. The molecule has 1 aromatic heterocycles. The summed E-state index contributed by atoms with van der Waals surface area (Å²) in [6.07, 6.45) is 6.61. The van der Waals surface area contributed by atoms with Crippen molar-refractivity contribution in [1.29, 1.82) is 0 Å². The van der Waals surface area contributed by atoms with Gasteiger partial charge < -0.3 is 9.32 Å². The first-order valence-electron chi connectivity index (χ1n) is 10.4. The number of benzene rings is 1. The van der Waals surface area contributed by atoms with Crippen LogP contribution in [0.3, 0.4) is 0 Å². The van der Waals surface area contributed by atoms with Crippen molar-refractivity contribution in [2.45, 2.75) is 44.6 Å². The van der Waals surface area contributed by atoms with E-state index in [9.17, 15) is 13.6 Å². The molecule has 1 aromatic carbocycles. The number of likely N-dealkylation sites (tertiary alicyclic amines) is 2. The second kappa shape index (κ2) is 7.20. The van der Waals surface area contributed by atoms with Crippen molar-refractivity contribution in [2.75, 3.05) is 26.2 Å². The van der Waals surface area contributed by atoms with Gasteiger partial charge in [-0.25, -0.2) is 13.8 Å². The van der Waals surface area contributed by atoms with Gasteiger partial charge in [0.1, 0.15) is 5.76 Å². The van der Waals surface area contributed by atoms with Crippen LogP contribution in [0.4, 0.5) is 8.78 Å². The fraction of sp³-hybridized carbons (Fsp3) is 0.545. The van der Waals surface area contributed by atoms with Crippen LogP contribution in [0.5, 0.6) is 0 Å². The van der Waals surface area contributed by atoms with Crippen molar-refractivity contribution >= 4 is 5.91 Å². The molecule has 2 aliphatic heterocycles. The van der Waals surface area contributed by atoms with Crippen LogP contribution >= 0.6 is 0 Å². The van der Waals surface area contributed by atoms with Crippen molar-refractivity contribution in [3.8, 4) is 0 Å². The van der Waals surface area contributed by atoms with Gasteiger partial charge in [0.25, 0.3) is 5.91 Å². The summed E-state index contributed by atoms with van der Waals surface area (Å²) in [5.74, 6) is -0.526. The molecule has 3 aliphatic rings. The van der Waals surface area contributed by atoms with Gasteiger partial charge in [0.2, 0.25) is 0 Å². The zero-order chi connectivity index (χ0) is 20.0. The number of halogens is 2. The van der Waals surface area contributed by atoms with Crippen molar-refractivity contribution in [3.05, 3.63) is 53.2 Å². The van der Waals surface area contributed by atoms with E-state index in [0.29, 0.717) is 18.2 Å². The Kier molecular flexibility index (Phi) is 4.65. The first kappa shape index (κ1) is 18.7. The highest BCUT2D eigenvalue weighted by Crippen LogP contribution is 2.43. The molecule has 2 aromatic rings. The van der Waals surface area contributed by atoms with Crippen molar-refractivity contribution < 1.29 is 18.0 Å². The lowest BCUT2D eigenvalue weighted by molar-refractivity contribution is 0.0669. The van der Waals surface area contributed by atoms with Crippen LogP contribution in [-0.2, 0) is 6.54 Å². The normalized spacial score (nSPS) is 25.1. The number of hydrogen-bond acceptors (Lipinski definition) is 4. The maximum absolute atomic E-state index is 13.5.